The van der Waals surface area contributed by atoms with E-state index in [0.29, 0.717) is 16.0 Å². The quantitative estimate of drug-likeness (QED) is 0.820. The SMILES string of the molecule is O=C(c1ccc2[nH]c(=S)oc2c1)N1CCCO[C@H]2CCC[C@@H]21. The van der Waals surface area contributed by atoms with E-state index in [4.69, 9.17) is 21.4 Å². The van der Waals surface area contributed by atoms with Crippen LogP contribution in [0.25, 0.3) is 11.1 Å². The third-order valence-corrected chi connectivity index (χ3v) is 4.81. The van der Waals surface area contributed by atoms with Crippen LogP contribution in [0.5, 0.6) is 0 Å². The second kappa shape index (κ2) is 5.52. The van der Waals surface area contributed by atoms with Crippen LogP contribution in [-0.2, 0) is 4.74 Å². The molecule has 0 spiro atoms. The lowest BCUT2D eigenvalue weighted by molar-refractivity contribution is 0.0297. The molecule has 0 unspecified atom stereocenters. The minimum absolute atomic E-state index is 0.0617. The zero-order chi connectivity index (χ0) is 15.1. The van der Waals surface area contributed by atoms with Crippen molar-refractivity contribution in [3.8, 4) is 0 Å². The molecule has 2 aliphatic rings. The second-order valence-corrected chi connectivity index (χ2v) is 6.36. The number of ether oxygens (including phenoxy) is 1. The lowest BCUT2D eigenvalue weighted by Gasteiger charge is -2.30. The first-order valence-electron chi connectivity index (χ1n) is 7.78. The minimum atomic E-state index is 0.0617. The topological polar surface area (TPSA) is 58.5 Å². The number of hydrogen-bond acceptors (Lipinski definition) is 4. The molecule has 0 radical (unpaired) electrons. The van der Waals surface area contributed by atoms with Crippen molar-refractivity contribution in [3.63, 3.8) is 0 Å². The summed E-state index contributed by atoms with van der Waals surface area (Å²) in [5, 5.41) is 0. The highest BCUT2D eigenvalue weighted by molar-refractivity contribution is 7.71. The molecule has 6 heteroatoms. The number of nitrogens with one attached hydrogen (secondary N) is 1. The average Bonchev–Trinajstić information content (AvgIpc) is 3.06. The standard InChI is InChI=1S/C16H18N2O3S/c19-15(10-5-6-11-14(9-10)21-16(22)17-11)18-7-2-8-20-13-4-1-3-12(13)18/h5-6,9,12-13H,1-4,7-8H2,(H,17,22)/t12-,13-/m0/s1. The molecule has 0 bridgehead atoms. The molecule has 2 fully saturated rings. The molecule has 4 rings (SSSR count). The number of benzene rings is 1. The van der Waals surface area contributed by atoms with Gasteiger partial charge in [0.2, 0.25) is 0 Å². The van der Waals surface area contributed by atoms with E-state index in [-0.39, 0.29) is 18.1 Å². The maximum atomic E-state index is 12.9. The molecule has 1 aliphatic heterocycles. The largest absolute Gasteiger partial charge is 0.429 e. The normalized spacial score (nSPS) is 25.2. The zero-order valence-electron chi connectivity index (χ0n) is 12.2. The Morgan fingerprint density at radius 1 is 1.32 bits per heavy atom. The molecule has 22 heavy (non-hydrogen) atoms. The van der Waals surface area contributed by atoms with Crippen molar-refractivity contribution in [2.45, 2.75) is 37.8 Å². The molecule has 1 saturated heterocycles. The van der Waals surface area contributed by atoms with E-state index in [2.05, 4.69) is 4.98 Å². The summed E-state index contributed by atoms with van der Waals surface area (Å²) in [6, 6.07) is 5.67. The first-order chi connectivity index (χ1) is 10.7. The Morgan fingerprint density at radius 3 is 3.14 bits per heavy atom. The summed E-state index contributed by atoms with van der Waals surface area (Å²) in [6.45, 7) is 1.50. The van der Waals surface area contributed by atoms with Gasteiger partial charge in [0.05, 0.1) is 17.7 Å². The minimum Gasteiger partial charge on any atom is -0.429 e. The predicted octanol–water partition coefficient (Wildman–Crippen LogP) is 3.27. The monoisotopic (exact) mass is 318 g/mol. The van der Waals surface area contributed by atoms with E-state index in [1.54, 1.807) is 6.07 Å². The Balaban J connectivity index is 1.67. The van der Waals surface area contributed by atoms with Gasteiger partial charge in [0.1, 0.15) is 0 Å². The van der Waals surface area contributed by atoms with Crippen LogP contribution in [0.2, 0.25) is 0 Å². The smallest absolute Gasteiger partial charge is 0.266 e. The van der Waals surface area contributed by atoms with Gasteiger partial charge < -0.3 is 19.0 Å². The van der Waals surface area contributed by atoms with Gasteiger partial charge in [-0.2, -0.15) is 0 Å². The van der Waals surface area contributed by atoms with Crippen LogP contribution in [0, 0.1) is 4.84 Å². The van der Waals surface area contributed by atoms with E-state index in [1.807, 2.05) is 17.0 Å². The molecule has 1 aliphatic carbocycles. The van der Waals surface area contributed by atoms with Gasteiger partial charge in [0.25, 0.3) is 10.7 Å². The Morgan fingerprint density at radius 2 is 2.23 bits per heavy atom. The van der Waals surface area contributed by atoms with E-state index in [9.17, 15) is 4.79 Å². The van der Waals surface area contributed by atoms with Crippen molar-refractivity contribution in [1.82, 2.24) is 9.88 Å². The third-order valence-electron chi connectivity index (χ3n) is 4.62. The number of oxazole rings is 1. The Labute approximate surface area is 133 Å². The Kier molecular flexibility index (Phi) is 3.50. The van der Waals surface area contributed by atoms with Gasteiger partial charge in [-0.1, -0.05) is 0 Å². The molecule has 1 aromatic carbocycles. The van der Waals surface area contributed by atoms with Gasteiger partial charge >= 0.3 is 0 Å². The van der Waals surface area contributed by atoms with Gasteiger partial charge in [0.15, 0.2) is 5.58 Å². The number of hydrogen-bond donors (Lipinski definition) is 1. The zero-order valence-corrected chi connectivity index (χ0v) is 13.0. The molecule has 2 heterocycles. The molecule has 1 N–H and O–H groups in total. The molecular weight excluding hydrogens is 300 g/mol. The summed E-state index contributed by atoms with van der Waals surface area (Å²) in [4.78, 5) is 18.2. The summed E-state index contributed by atoms with van der Waals surface area (Å²) in [6.07, 6.45) is 4.31. The highest BCUT2D eigenvalue weighted by atomic mass is 32.1. The van der Waals surface area contributed by atoms with Gasteiger partial charge in [-0.15, -0.1) is 0 Å². The van der Waals surface area contributed by atoms with E-state index in [1.165, 1.54) is 0 Å². The van der Waals surface area contributed by atoms with Crippen LogP contribution in [0.15, 0.2) is 22.6 Å². The van der Waals surface area contributed by atoms with Gasteiger partial charge in [0, 0.05) is 18.7 Å². The number of aromatic amines is 1. The number of nitrogens with zero attached hydrogens (tertiary/aromatic N) is 1. The summed E-state index contributed by atoms with van der Waals surface area (Å²) < 4.78 is 11.3. The van der Waals surface area contributed by atoms with Crippen molar-refractivity contribution in [2.24, 2.45) is 0 Å². The van der Waals surface area contributed by atoms with Crippen LogP contribution >= 0.6 is 12.2 Å². The first-order valence-corrected chi connectivity index (χ1v) is 8.19. The first kappa shape index (κ1) is 14.0. The number of carbonyl (C=O) groups excluding carboxylic acids is 1. The van der Waals surface area contributed by atoms with Crippen LogP contribution in [0.3, 0.4) is 0 Å². The highest BCUT2D eigenvalue weighted by Gasteiger charge is 2.37. The van der Waals surface area contributed by atoms with Gasteiger partial charge in [-0.3, -0.25) is 4.79 Å². The number of amides is 1. The van der Waals surface area contributed by atoms with E-state index >= 15 is 0 Å². The van der Waals surface area contributed by atoms with Gasteiger partial charge in [-0.25, -0.2) is 0 Å². The van der Waals surface area contributed by atoms with Crippen molar-refractivity contribution < 1.29 is 13.9 Å². The molecule has 116 valence electrons. The van der Waals surface area contributed by atoms with E-state index < -0.39 is 0 Å². The maximum Gasteiger partial charge on any atom is 0.266 e. The van der Waals surface area contributed by atoms with Crippen molar-refractivity contribution in [1.29, 1.82) is 0 Å². The average molecular weight is 318 g/mol. The molecule has 2 aromatic rings. The molecule has 5 nitrogen and oxygen atoms in total. The summed E-state index contributed by atoms with van der Waals surface area (Å²) in [5.74, 6) is 0.0617. The van der Waals surface area contributed by atoms with Crippen LogP contribution in [0.4, 0.5) is 0 Å². The number of rotatable bonds is 1. The number of fused-ring (bicyclic) bond motifs is 2. The Bertz CT molecular complexity index is 766. The maximum absolute atomic E-state index is 12.9. The Hall–Kier alpha value is -1.66. The number of aromatic nitrogens is 1. The summed E-state index contributed by atoms with van der Waals surface area (Å²) in [7, 11) is 0. The third kappa shape index (κ3) is 2.36. The fraction of sp³-hybridized carbons (Fsp3) is 0.500. The van der Waals surface area contributed by atoms with Crippen molar-refractivity contribution >= 4 is 29.2 Å². The second-order valence-electron chi connectivity index (χ2n) is 5.99. The van der Waals surface area contributed by atoms with E-state index in [0.717, 1.165) is 44.4 Å². The molecule has 1 amide bonds. The fourth-order valence-corrected chi connectivity index (χ4v) is 3.79. The molecular formula is C16H18N2O3S. The predicted molar refractivity (Wildman–Crippen MR) is 84.4 cm³/mol. The van der Waals surface area contributed by atoms with Gasteiger partial charge in [-0.05, 0) is 56.1 Å². The molecule has 1 saturated carbocycles. The lowest BCUT2D eigenvalue weighted by atomic mass is 10.1. The fourth-order valence-electron chi connectivity index (χ4n) is 3.59. The highest BCUT2D eigenvalue weighted by Crippen LogP contribution is 2.30. The van der Waals surface area contributed by atoms with Crippen molar-refractivity contribution in [3.05, 3.63) is 28.6 Å². The van der Waals surface area contributed by atoms with Crippen LogP contribution in [-0.4, -0.2) is 41.1 Å². The van der Waals surface area contributed by atoms with Crippen molar-refractivity contribution in [2.75, 3.05) is 13.2 Å². The summed E-state index contributed by atoms with van der Waals surface area (Å²) >= 11 is 4.99. The van der Waals surface area contributed by atoms with Crippen LogP contribution in [0.1, 0.15) is 36.0 Å². The number of H-pyrrole nitrogens is 1. The molecule has 2 atom stereocenters. The number of carbonyl (C=O) groups is 1. The van der Waals surface area contributed by atoms with Crippen LogP contribution < -0.4 is 0 Å². The summed E-state index contributed by atoms with van der Waals surface area (Å²) in [5.41, 5.74) is 2.10. The lowest BCUT2D eigenvalue weighted by Crippen LogP contribution is -2.43. The molecule has 1 aromatic heterocycles.